The number of hydrogen-bond donors (Lipinski definition) is 1. The van der Waals surface area contributed by atoms with E-state index >= 15 is 0 Å². The van der Waals surface area contributed by atoms with E-state index in [1.165, 1.54) is 21.3 Å². The van der Waals surface area contributed by atoms with Gasteiger partial charge in [-0.15, -0.1) is 0 Å². The van der Waals surface area contributed by atoms with E-state index in [0.717, 1.165) is 11.0 Å². The number of nitrogens with zero attached hydrogens (tertiary/aromatic N) is 1. The van der Waals surface area contributed by atoms with E-state index in [-0.39, 0.29) is 18.0 Å². The molecule has 0 fully saturated rings. The topological polar surface area (TPSA) is 90.5 Å². The number of rotatable bonds is 9. The van der Waals surface area contributed by atoms with Crippen molar-refractivity contribution in [1.82, 2.24) is 9.97 Å². The zero-order valence-electron chi connectivity index (χ0n) is 18.6. The molecule has 7 heteroatoms. The fourth-order valence-electron chi connectivity index (χ4n) is 3.80. The Bertz CT molecular complexity index is 1240. The molecule has 0 saturated heterocycles. The van der Waals surface area contributed by atoms with Crippen LogP contribution in [0.1, 0.15) is 38.9 Å². The molecular weight excluding hydrogens is 420 g/mol. The minimum atomic E-state index is -0.826. The standard InChI is InChI=1S/C26H24N2O5/c1-31-22-13-17(14-23(32-2)25(22)33-3)24(30)18(15-21(29)16-9-5-4-6-10-16)26-27-19-11-7-8-12-20(19)28-26/h4-14,18H,15H2,1-3H3,(H,27,28)/t18-/m0/s1. The summed E-state index contributed by atoms with van der Waals surface area (Å²) in [5.74, 6) is 0.277. The van der Waals surface area contributed by atoms with Gasteiger partial charge in [0.2, 0.25) is 5.75 Å². The molecule has 7 nitrogen and oxygen atoms in total. The molecule has 0 aliphatic carbocycles. The molecule has 0 unspecified atom stereocenters. The third-order valence-corrected chi connectivity index (χ3v) is 5.49. The molecule has 0 saturated carbocycles. The molecule has 4 rings (SSSR count). The van der Waals surface area contributed by atoms with Crippen LogP contribution in [0.5, 0.6) is 17.2 Å². The molecule has 4 aromatic rings. The van der Waals surface area contributed by atoms with Crippen LogP contribution in [0.4, 0.5) is 0 Å². The van der Waals surface area contributed by atoms with E-state index in [1.807, 2.05) is 30.3 Å². The van der Waals surface area contributed by atoms with E-state index < -0.39 is 5.92 Å². The van der Waals surface area contributed by atoms with Crippen molar-refractivity contribution >= 4 is 22.6 Å². The molecule has 3 aromatic carbocycles. The monoisotopic (exact) mass is 444 g/mol. The van der Waals surface area contributed by atoms with Crippen LogP contribution in [0.25, 0.3) is 11.0 Å². The van der Waals surface area contributed by atoms with Gasteiger partial charge in [0.1, 0.15) is 5.82 Å². The Morgan fingerprint density at radius 1 is 0.848 bits per heavy atom. The first-order valence-electron chi connectivity index (χ1n) is 10.4. The summed E-state index contributed by atoms with van der Waals surface area (Å²) in [7, 11) is 4.47. The van der Waals surface area contributed by atoms with Crippen LogP contribution in [0.15, 0.2) is 66.7 Å². The highest BCUT2D eigenvalue weighted by Crippen LogP contribution is 2.39. The number of imidazole rings is 1. The fraction of sp³-hybridized carbons (Fsp3) is 0.192. The Labute approximate surface area is 191 Å². The molecule has 1 heterocycles. The van der Waals surface area contributed by atoms with Crippen LogP contribution in [-0.4, -0.2) is 42.9 Å². The van der Waals surface area contributed by atoms with E-state index in [1.54, 1.807) is 36.4 Å². The molecule has 0 aliphatic heterocycles. The maximum atomic E-state index is 13.8. The molecular formula is C26H24N2O5. The number of H-pyrrole nitrogens is 1. The van der Waals surface area contributed by atoms with Crippen LogP contribution < -0.4 is 14.2 Å². The number of fused-ring (bicyclic) bond motifs is 1. The lowest BCUT2D eigenvalue weighted by molar-refractivity contribution is 0.0889. The van der Waals surface area contributed by atoms with Crippen LogP contribution in [-0.2, 0) is 0 Å². The Balaban J connectivity index is 1.78. The summed E-state index contributed by atoms with van der Waals surface area (Å²) < 4.78 is 16.2. The fourth-order valence-corrected chi connectivity index (χ4v) is 3.80. The highest BCUT2D eigenvalue weighted by Gasteiger charge is 2.30. The number of aromatic nitrogens is 2. The van der Waals surface area contributed by atoms with Gasteiger partial charge in [0, 0.05) is 17.5 Å². The molecule has 0 bridgehead atoms. The summed E-state index contributed by atoms with van der Waals surface area (Å²) in [6.07, 6.45) is -0.0423. The molecule has 0 aliphatic rings. The van der Waals surface area contributed by atoms with Gasteiger partial charge in [0.05, 0.1) is 38.3 Å². The lowest BCUT2D eigenvalue weighted by atomic mass is 9.90. The molecule has 168 valence electrons. The number of nitrogens with one attached hydrogen (secondary N) is 1. The summed E-state index contributed by atoms with van der Waals surface area (Å²) in [4.78, 5) is 34.6. The number of aromatic amines is 1. The lowest BCUT2D eigenvalue weighted by Crippen LogP contribution is -2.19. The van der Waals surface area contributed by atoms with Crippen molar-refractivity contribution in [2.75, 3.05) is 21.3 Å². The highest BCUT2D eigenvalue weighted by molar-refractivity contribution is 6.06. The lowest BCUT2D eigenvalue weighted by Gasteiger charge is -2.17. The molecule has 1 atom stereocenters. The van der Waals surface area contributed by atoms with Crippen molar-refractivity contribution < 1.29 is 23.8 Å². The van der Waals surface area contributed by atoms with E-state index in [9.17, 15) is 9.59 Å². The number of ketones is 2. The quantitative estimate of drug-likeness (QED) is 0.372. The van der Waals surface area contributed by atoms with Crippen molar-refractivity contribution in [2.24, 2.45) is 0 Å². The smallest absolute Gasteiger partial charge is 0.203 e. The van der Waals surface area contributed by atoms with E-state index in [2.05, 4.69) is 9.97 Å². The first-order chi connectivity index (χ1) is 16.0. The van der Waals surface area contributed by atoms with E-state index in [4.69, 9.17) is 14.2 Å². The summed E-state index contributed by atoms with van der Waals surface area (Å²) in [6, 6.07) is 19.6. The van der Waals surface area contributed by atoms with Gasteiger partial charge in [-0.1, -0.05) is 42.5 Å². The zero-order valence-corrected chi connectivity index (χ0v) is 18.6. The van der Waals surface area contributed by atoms with Gasteiger partial charge in [0.15, 0.2) is 23.1 Å². The van der Waals surface area contributed by atoms with Crippen molar-refractivity contribution in [3.05, 3.63) is 83.7 Å². The number of carbonyl (C=O) groups is 2. The van der Waals surface area contributed by atoms with Crippen molar-refractivity contribution in [3.63, 3.8) is 0 Å². The first-order valence-corrected chi connectivity index (χ1v) is 10.4. The Hall–Kier alpha value is -4.13. The Morgan fingerprint density at radius 3 is 2.09 bits per heavy atom. The first kappa shape index (κ1) is 22.1. The van der Waals surface area contributed by atoms with Gasteiger partial charge in [-0.2, -0.15) is 0 Å². The average molecular weight is 444 g/mol. The third-order valence-electron chi connectivity index (χ3n) is 5.49. The van der Waals surface area contributed by atoms with Gasteiger partial charge in [-0.05, 0) is 24.3 Å². The van der Waals surface area contributed by atoms with Gasteiger partial charge in [-0.25, -0.2) is 4.98 Å². The molecule has 1 aromatic heterocycles. The Morgan fingerprint density at radius 2 is 1.48 bits per heavy atom. The minimum Gasteiger partial charge on any atom is -0.493 e. The number of Topliss-reactive ketones (excluding diaryl/α,β-unsaturated/α-hetero) is 2. The predicted molar refractivity (Wildman–Crippen MR) is 125 cm³/mol. The molecule has 1 N–H and O–H groups in total. The van der Waals surface area contributed by atoms with Gasteiger partial charge < -0.3 is 19.2 Å². The largest absolute Gasteiger partial charge is 0.493 e. The highest BCUT2D eigenvalue weighted by atomic mass is 16.5. The third kappa shape index (κ3) is 4.43. The second-order valence-corrected chi connectivity index (χ2v) is 7.46. The van der Waals surface area contributed by atoms with Gasteiger partial charge in [0.25, 0.3) is 0 Å². The number of methoxy groups -OCH3 is 3. The van der Waals surface area contributed by atoms with Crippen molar-refractivity contribution in [1.29, 1.82) is 0 Å². The number of benzene rings is 3. The van der Waals surface area contributed by atoms with Crippen LogP contribution in [0, 0.1) is 0 Å². The van der Waals surface area contributed by atoms with Crippen molar-refractivity contribution in [2.45, 2.75) is 12.3 Å². The molecule has 33 heavy (non-hydrogen) atoms. The Kier molecular flexibility index (Phi) is 6.40. The number of hydrogen-bond acceptors (Lipinski definition) is 6. The van der Waals surface area contributed by atoms with Crippen molar-refractivity contribution in [3.8, 4) is 17.2 Å². The summed E-state index contributed by atoms with van der Waals surface area (Å²) in [6.45, 7) is 0. The minimum absolute atomic E-state index is 0.0423. The maximum Gasteiger partial charge on any atom is 0.203 e. The zero-order chi connectivity index (χ0) is 23.4. The van der Waals surface area contributed by atoms with Crippen LogP contribution >= 0.6 is 0 Å². The molecule has 0 spiro atoms. The predicted octanol–water partition coefficient (Wildman–Crippen LogP) is 4.83. The normalized spacial score (nSPS) is 11.7. The summed E-state index contributed by atoms with van der Waals surface area (Å²) in [5.41, 5.74) is 2.39. The van der Waals surface area contributed by atoms with Crippen LogP contribution in [0.3, 0.4) is 0 Å². The second kappa shape index (κ2) is 9.56. The SMILES string of the molecule is COc1cc(C(=O)[C@H](CC(=O)c2ccccc2)c2nc3ccccc3[nH]2)cc(OC)c1OC. The number of para-hydroxylation sites is 2. The van der Waals surface area contributed by atoms with E-state index in [0.29, 0.717) is 34.2 Å². The summed E-state index contributed by atoms with van der Waals surface area (Å²) in [5, 5.41) is 0. The molecule has 0 amide bonds. The number of carbonyl (C=O) groups excluding carboxylic acids is 2. The second-order valence-electron chi connectivity index (χ2n) is 7.46. The molecule has 0 radical (unpaired) electrons. The van der Waals surface area contributed by atoms with Crippen LogP contribution in [0.2, 0.25) is 0 Å². The van der Waals surface area contributed by atoms with Gasteiger partial charge in [-0.3, -0.25) is 9.59 Å². The summed E-state index contributed by atoms with van der Waals surface area (Å²) >= 11 is 0. The average Bonchev–Trinajstić information content (AvgIpc) is 3.30. The maximum absolute atomic E-state index is 13.8. The van der Waals surface area contributed by atoms with Gasteiger partial charge >= 0.3 is 0 Å². The number of ether oxygens (including phenoxy) is 3.